The third kappa shape index (κ3) is 4.68. The number of aryl methyl sites for hydroxylation is 2. The molecule has 1 fully saturated rings. The number of rotatable bonds is 6. The molecule has 2 atom stereocenters. The molecule has 1 aliphatic rings. The van der Waals surface area contributed by atoms with E-state index < -0.39 is 0 Å². The van der Waals surface area contributed by atoms with Gasteiger partial charge >= 0.3 is 6.03 Å². The second-order valence-electron chi connectivity index (χ2n) is 5.95. The monoisotopic (exact) mass is 325 g/mol. The summed E-state index contributed by atoms with van der Waals surface area (Å²) < 4.78 is 0. The summed E-state index contributed by atoms with van der Waals surface area (Å²) in [6.45, 7) is 4.96. The fraction of sp³-hybridized carbons (Fsp3) is 0.750. The molecule has 0 aromatic carbocycles. The van der Waals surface area contributed by atoms with E-state index in [4.69, 9.17) is 0 Å². The van der Waals surface area contributed by atoms with E-state index in [0.717, 1.165) is 49.2 Å². The minimum Gasteiger partial charge on any atom is -0.396 e. The van der Waals surface area contributed by atoms with Crippen molar-refractivity contribution in [3.8, 4) is 0 Å². The highest BCUT2D eigenvalue weighted by Crippen LogP contribution is 2.23. The summed E-state index contributed by atoms with van der Waals surface area (Å²) in [5, 5.41) is 16.4. The molecule has 22 heavy (non-hydrogen) atoms. The molecule has 0 unspecified atom stereocenters. The standard InChI is InChI=1S/C16H27N3O2S/c1-3-13-11(2)22-15(18-13)8-9-17-16(21)19-14-7-5-4-6-12(14)10-20/h12,14,20H,3-10H2,1-2H3,(H2,17,19,21)/t12-,14+/m1/s1. The molecule has 1 saturated carbocycles. The number of aliphatic hydroxyl groups excluding tert-OH is 1. The molecule has 0 spiro atoms. The zero-order valence-corrected chi connectivity index (χ0v) is 14.3. The number of thiazole rings is 1. The summed E-state index contributed by atoms with van der Waals surface area (Å²) in [6.07, 6.45) is 5.96. The fourth-order valence-electron chi connectivity index (χ4n) is 3.04. The van der Waals surface area contributed by atoms with Crippen molar-refractivity contribution in [3.05, 3.63) is 15.6 Å². The molecule has 5 nitrogen and oxygen atoms in total. The highest BCUT2D eigenvalue weighted by molar-refractivity contribution is 7.11. The van der Waals surface area contributed by atoms with E-state index >= 15 is 0 Å². The van der Waals surface area contributed by atoms with Gasteiger partial charge in [-0.25, -0.2) is 9.78 Å². The van der Waals surface area contributed by atoms with Crippen LogP contribution in [0.1, 0.15) is 48.2 Å². The first-order valence-electron chi connectivity index (χ1n) is 8.24. The Kier molecular flexibility index (Phi) is 6.64. The molecule has 1 heterocycles. The Morgan fingerprint density at radius 3 is 2.86 bits per heavy atom. The third-order valence-corrected chi connectivity index (χ3v) is 5.43. The van der Waals surface area contributed by atoms with Gasteiger partial charge in [0.2, 0.25) is 0 Å². The number of nitrogens with one attached hydrogen (secondary N) is 2. The molecule has 0 bridgehead atoms. The first kappa shape index (κ1) is 17.2. The normalized spacial score (nSPS) is 21.6. The summed E-state index contributed by atoms with van der Waals surface area (Å²) in [5.41, 5.74) is 1.16. The van der Waals surface area contributed by atoms with Crippen LogP contribution in [0.5, 0.6) is 0 Å². The molecule has 1 aromatic rings. The maximum atomic E-state index is 12.0. The van der Waals surface area contributed by atoms with Crippen LogP contribution in [0.2, 0.25) is 0 Å². The van der Waals surface area contributed by atoms with Crippen LogP contribution < -0.4 is 10.6 Å². The largest absolute Gasteiger partial charge is 0.396 e. The highest BCUT2D eigenvalue weighted by Gasteiger charge is 2.25. The molecule has 1 aliphatic carbocycles. The molecule has 0 aliphatic heterocycles. The molecular weight excluding hydrogens is 298 g/mol. The average molecular weight is 325 g/mol. The van der Waals surface area contributed by atoms with Crippen molar-refractivity contribution in [3.63, 3.8) is 0 Å². The van der Waals surface area contributed by atoms with Gasteiger partial charge < -0.3 is 15.7 Å². The molecule has 0 saturated heterocycles. The fourth-order valence-corrected chi connectivity index (χ4v) is 4.06. The van der Waals surface area contributed by atoms with Crippen LogP contribution in [0.15, 0.2) is 0 Å². The van der Waals surface area contributed by atoms with E-state index in [1.165, 1.54) is 4.88 Å². The van der Waals surface area contributed by atoms with Gasteiger partial charge in [-0.2, -0.15) is 0 Å². The molecule has 2 amide bonds. The Morgan fingerprint density at radius 2 is 2.18 bits per heavy atom. The Hall–Kier alpha value is -1.14. The number of aromatic nitrogens is 1. The van der Waals surface area contributed by atoms with Crippen molar-refractivity contribution in [2.24, 2.45) is 5.92 Å². The minimum atomic E-state index is -0.130. The van der Waals surface area contributed by atoms with Gasteiger partial charge in [-0.3, -0.25) is 0 Å². The van der Waals surface area contributed by atoms with E-state index in [0.29, 0.717) is 6.54 Å². The summed E-state index contributed by atoms with van der Waals surface area (Å²) in [4.78, 5) is 17.8. The quantitative estimate of drug-likeness (QED) is 0.752. The highest BCUT2D eigenvalue weighted by atomic mass is 32.1. The SMILES string of the molecule is CCc1nc(CCNC(=O)N[C@H]2CCCC[C@@H]2CO)sc1C. The van der Waals surface area contributed by atoms with Gasteiger partial charge in [0.1, 0.15) is 0 Å². The number of hydrogen-bond donors (Lipinski definition) is 3. The Balaban J connectivity index is 1.73. The number of carbonyl (C=O) groups excluding carboxylic acids is 1. The van der Waals surface area contributed by atoms with Gasteiger partial charge in [0.05, 0.1) is 10.7 Å². The van der Waals surface area contributed by atoms with E-state index in [2.05, 4.69) is 29.5 Å². The van der Waals surface area contributed by atoms with Crippen LogP contribution in [0.25, 0.3) is 0 Å². The van der Waals surface area contributed by atoms with E-state index in [-0.39, 0.29) is 24.6 Å². The van der Waals surface area contributed by atoms with Crippen molar-refractivity contribution in [2.75, 3.05) is 13.2 Å². The van der Waals surface area contributed by atoms with Crippen LogP contribution in [0, 0.1) is 12.8 Å². The van der Waals surface area contributed by atoms with Crippen molar-refractivity contribution < 1.29 is 9.90 Å². The van der Waals surface area contributed by atoms with Crippen LogP contribution in [-0.4, -0.2) is 35.3 Å². The second-order valence-corrected chi connectivity index (χ2v) is 7.24. The minimum absolute atomic E-state index is 0.104. The molecule has 2 rings (SSSR count). The topological polar surface area (TPSA) is 74.2 Å². The lowest BCUT2D eigenvalue weighted by atomic mass is 9.85. The maximum absolute atomic E-state index is 12.0. The Labute approximate surface area is 136 Å². The number of aliphatic hydroxyl groups is 1. The average Bonchev–Trinajstić information content (AvgIpc) is 2.88. The van der Waals surface area contributed by atoms with Gasteiger partial charge in [0, 0.05) is 36.4 Å². The molecule has 124 valence electrons. The van der Waals surface area contributed by atoms with E-state index in [1.807, 2.05) is 0 Å². The van der Waals surface area contributed by atoms with E-state index in [9.17, 15) is 9.90 Å². The molecule has 3 N–H and O–H groups in total. The van der Waals surface area contributed by atoms with Gasteiger partial charge in [-0.05, 0) is 26.2 Å². The third-order valence-electron chi connectivity index (χ3n) is 4.36. The number of urea groups is 1. The van der Waals surface area contributed by atoms with Gasteiger partial charge in [-0.15, -0.1) is 11.3 Å². The number of hydrogen-bond acceptors (Lipinski definition) is 4. The zero-order chi connectivity index (χ0) is 15.9. The maximum Gasteiger partial charge on any atom is 0.315 e. The summed E-state index contributed by atoms with van der Waals surface area (Å²) in [5.74, 6) is 0.202. The van der Waals surface area contributed by atoms with Crippen molar-refractivity contribution >= 4 is 17.4 Å². The molecular formula is C16H27N3O2S. The summed E-state index contributed by atoms with van der Waals surface area (Å²) in [7, 11) is 0. The predicted octanol–water partition coefficient (Wildman–Crippen LogP) is 2.41. The zero-order valence-electron chi connectivity index (χ0n) is 13.5. The molecule has 6 heteroatoms. The van der Waals surface area contributed by atoms with Crippen LogP contribution in [-0.2, 0) is 12.8 Å². The first-order chi connectivity index (χ1) is 10.6. The number of amides is 2. The smallest absolute Gasteiger partial charge is 0.315 e. The van der Waals surface area contributed by atoms with Crippen LogP contribution >= 0.6 is 11.3 Å². The van der Waals surface area contributed by atoms with Crippen molar-refractivity contribution in [1.29, 1.82) is 0 Å². The lowest BCUT2D eigenvalue weighted by Crippen LogP contribution is -2.48. The second kappa shape index (κ2) is 8.48. The van der Waals surface area contributed by atoms with Gasteiger partial charge in [0.15, 0.2) is 0 Å². The summed E-state index contributed by atoms with van der Waals surface area (Å²) in [6, 6.07) is -0.0260. The van der Waals surface area contributed by atoms with Crippen molar-refractivity contribution in [1.82, 2.24) is 15.6 Å². The lowest BCUT2D eigenvalue weighted by molar-refractivity contribution is 0.154. The Bertz CT molecular complexity index is 490. The predicted molar refractivity (Wildman–Crippen MR) is 89.3 cm³/mol. The number of nitrogens with zero attached hydrogens (tertiary/aromatic N) is 1. The van der Waals surface area contributed by atoms with Crippen LogP contribution in [0.3, 0.4) is 0 Å². The Morgan fingerprint density at radius 1 is 1.41 bits per heavy atom. The van der Waals surface area contributed by atoms with Crippen molar-refractivity contribution in [2.45, 2.75) is 58.4 Å². The number of carbonyl (C=O) groups is 1. The van der Waals surface area contributed by atoms with E-state index in [1.54, 1.807) is 11.3 Å². The lowest BCUT2D eigenvalue weighted by Gasteiger charge is -2.30. The van der Waals surface area contributed by atoms with Crippen LogP contribution in [0.4, 0.5) is 4.79 Å². The molecule has 0 radical (unpaired) electrons. The van der Waals surface area contributed by atoms with Gasteiger partial charge in [-0.1, -0.05) is 19.8 Å². The summed E-state index contributed by atoms with van der Waals surface area (Å²) >= 11 is 1.71. The molecule has 1 aromatic heterocycles. The first-order valence-corrected chi connectivity index (χ1v) is 9.06. The van der Waals surface area contributed by atoms with Gasteiger partial charge in [0.25, 0.3) is 0 Å².